The Balaban J connectivity index is 2.90. The summed E-state index contributed by atoms with van der Waals surface area (Å²) in [5, 5.41) is 3.83. The van der Waals surface area contributed by atoms with E-state index in [4.69, 9.17) is 11.6 Å². The summed E-state index contributed by atoms with van der Waals surface area (Å²) in [6.07, 6.45) is 2.09. The van der Waals surface area contributed by atoms with Gasteiger partial charge in [-0.1, -0.05) is 32.4 Å². The molecular formula is C12H20ClN3S. The van der Waals surface area contributed by atoms with Crippen molar-refractivity contribution < 1.29 is 0 Å². The lowest BCUT2D eigenvalue weighted by Gasteiger charge is -2.19. The van der Waals surface area contributed by atoms with Crippen molar-refractivity contribution in [2.45, 2.75) is 39.2 Å². The molecule has 0 aliphatic carbocycles. The van der Waals surface area contributed by atoms with Crippen molar-refractivity contribution in [3.05, 3.63) is 17.0 Å². The average Bonchev–Trinajstić information content (AvgIpc) is 2.15. The number of thioether (sulfide) groups is 1. The molecule has 0 bridgehead atoms. The molecule has 1 atom stereocenters. The van der Waals surface area contributed by atoms with Gasteiger partial charge in [0.1, 0.15) is 16.8 Å². The summed E-state index contributed by atoms with van der Waals surface area (Å²) < 4.78 is 0. The van der Waals surface area contributed by atoms with Crippen molar-refractivity contribution >= 4 is 29.2 Å². The molecule has 0 aliphatic rings. The van der Waals surface area contributed by atoms with E-state index >= 15 is 0 Å². The first-order valence-corrected chi connectivity index (χ1v) is 7.40. The molecule has 1 aromatic rings. The standard InChI is InChI=1S/C12H20ClN3S/c1-8(7-17-5)14-10-6-9(13)15-11(16-10)12(2,3)4/h6,8H,7H2,1-5H3,(H,14,15,16). The molecule has 96 valence electrons. The van der Waals surface area contributed by atoms with E-state index in [2.05, 4.69) is 49.2 Å². The van der Waals surface area contributed by atoms with Crippen LogP contribution in [0.15, 0.2) is 6.07 Å². The molecule has 1 rings (SSSR count). The Labute approximate surface area is 113 Å². The Morgan fingerprint density at radius 3 is 2.59 bits per heavy atom. The highest BCUT2D eigenvalue weighted by Gasteiger charge is 2.19. The second-order valence-electron chi connectivity index (χ2n) is 5.15. The molecule has 1 N–H and O–H groups in total. The highest BCUT2D eigenvalue weighted by atomic mass is 35.5. The van der Waals surface area contributed by atoms with Crippen molar-refractivity contribution in [1.82, 2.24) is 9.97 Å². The normalized spacial score (nSPS) is 13.5. The quantitative estimate of drug-likeness (QED) is 0.851. The van der Waals surface area contributed by atoms with E-state index < -0.39 is 0 Å². The maximum Gasteiger partial charge on any atom is 0.137 e. The summed E-state index contributed by atoms with van der Waals surface area (Å²) in [7, 11) is 0. The van der Waals surface area contributed by atoms with Crippen LogP contribution in [0.5, 0.6) is 0 Å². The molecule has 1 aromatic heterocycles. The average molecular weight is 274 g/mol. The van der Waals surface area contributed by atoms with Gasteiger partial charge in [0.25, 0.3) is 0 Å². The van der Waals surface area contributed by atoms with Gasteiger partial charge >= 0.3 is 0 Å². The smallest absolute Gasteiger partial charge is 0.137 e. The molecule has 1 unspecified atom stereocenters. The van der Waals surface area contributed by atoms with E-state index in [-0.39, 0.29) is 5.41 Å². The zero-order valence-electron chi connectivity index (χ0n) is 11.0. The largest absolute Gasteiger partial charge is 0.367 e. The number of hydrogen-bond donors (Lipinski definition) is 1. The predicted octanol–water partition coefficient (Wildman–Crippen LogP) is 3.59. The number of hydrogen-bond acceptors (Lipinski definition) is 4. The molecular weight excluding hydrogens is 254 g/mol. The van der Waals surface area contributed by atoms with Crippen LogP contribution in [-0.4, -0.2) is 28.0 Å². The summed E-state index contributed by atoms with van der Waals surface area (Å²) in [5.74, 6) is 2.60. The molecule has 0 aliphatic heterocycles. The second kappa shape index (κ2) is 5.91. The highest BCUT2D eigenvalue weighted by Crippen LogP contribution is 2.22. The van der Waals surface area contributed by atoms with Crippen molar-refractivity contribution in [1.29, 1.82) is 0 Å². The molecule has 0 spiro atoms. The fraction of sp³-hybridized carbons (Fsp3) is 0.667. The number of anilines is 1. The van der Waals surface area contributed by atoms with Crippen molar-refractivity contribution in [2.75, 3.05) is 17.3 Å². The molecule has 0 amide bonds. The SMILES string of the molecule is CSCC(C)Nc1cc(Cl)nc(C(C)(C)C)n1. The van der Waals surface area contributed by atoms with Crippen LogP contribution in [0, 0.1) is 0 Å². The topological polar surface area (TPSA) is 37.8 Å². The van der Waals surface area contributed by atoms with E-state index in [1.54, 1.807) is 17.8 Å². The van der Waals surface area contributed by atoms with Gasteiger partial charge in [0, 0.05) is 23.3 Å². The van der Waals surface area contributed by atoms with E-state index in [0.29, 0.717) is 11.2 Å². The van der Waals surface area contributed by atoms with Gasteiger partial charge < -0.3 is 5.32 Å². The Hall–Kier alpha value is -0.480. The lowest BCUT2D eigenvalue weighted by atomic mass is 9.96. The fourth-order valence-corrected chi connectivity index (χ4v) is 2.14. The lowest BCUT2D eigenvalue weighted by Crippen LogP contribution is -2.21. The molecule has 0 radical (unpaired) electrons. The second-order valence-corrected chi connectivity index (χ2v) is 6.45. The van der Waals surface area contributed by atoms with Gasteiger partial charge in [0.05, 0.1) is 0 Å². The summed E-state index contributed by atoms with van der Waals surface area (Å²) in [4.78, 5) is 8.78. The minimum absolute atomic E-state index is 0.0932. The van der Waals surface area contributed by atoms with Crippen LogP contribution in [0.3, 0.4) is 0 Å². The van der Waals surface area contributed by atoms with Crippen molar-refractivity contribution in [2.24, 2.45) is 0 Å². The predicted molar refractivity (Wildman–Crippen MR) is 77.2 cm³/mol. The monoisotopic (exact) mass is 273 g/mol. The number of aromatic nitrogens is 2. The summed E-state index contributed by atoms with van der Waals surface area (Å²) >= 11 is 7.82. The van der Waals surface area contributed by atoms with Gasteiger partial charge in [0.2, 0.25) is 0 Å². The van der Waals surface area contributed by atoms with Crippen molar-refractivity contribution in [3.63, 3.8) is 0 Å². The van der Waals surface area contributed by atoms with E-state index in [1.165, 1.54) is 0 Å². The maximum atomic E-state index is 6.02. The first-order chi connectivity index (χ1) is 7.82. The lowest BCUT2D eigenvalue weighted by molar-refractivity contribution is 0.545. The molecule has 1 heterocycles. The third kappa shape index (κ3) is 4.72. The Morgan fingerprint density at radius 2 is 2.06 bits per heavy atom. The van der Waals surface area contributed by atoms with Crippen LogP contribution in [-0.2, 0) is 5.41 Å². The van der Waals surface area contributed by atoms with Crippen molar-refractivity contribution in [3.8, 4) is 0 Å². The molecule has 5 heteroatoms. The fourth-order valence-electron chi connectivity index (χ4n) is 1.37. The van der Waals surface area contributed by atoms with E-state index in [1.807, 2.05) is 0 Å². The summed E-state index contributed by atoms with van der Waals surface area (Å²) in [6, 6.07) is 2.14. The number of nitrogens with one attached hydrogen (secondary N) is 1. The molecule has 17 heavy (non-hydrogen) atoms. The Bertz CT molecular complexity index is 377. The maximum absolute atomic E-state index is 6.02. The Kier molecular flexibility index (Phi) is 5.07. The van der Waals surface area contributed by atoms with Crippen LogP contribution < -0.4 is 5.32 Å². The number of rotatable bonds is 4. The Morgan fingerprint density at radius 1 is 1.41 bits per heavy atom. The first-order valence-electron chi connectivity index (χ1n) is 5.63. The third-order valence-electron chi connectivity index (χ3n) is 2.18. The molecule has 3 nitrogen and oxygen atoms in total. The zero-order valence-corrected chi connectivity index (χ0v) is 12.6. The minimum Gasteiger partial charge on any atom is -0.367 e. The van der Waals surface area contributed by atoms with E-state index in [9.17, 15) is 0 Å². The van der Waals surface area contributed by atoms with Crippen LogP contribution in [0.25, 0.3) is 0 Å². The van der Waals surface area contributed by atoms with Crippen LogP contribution >= 0.6 is 23.4 Å². The van der Waals surface area contributed by atoms with Gasteiger partial charge in [-0.3, -0.25) is 0 Å². The third-order valence-corrected chi connectivity index (χ3v) is 3.20. The highest BCUT2D eigenvalue weighted by molar-refractivity contribution is 7.98. The zero-order chi connectivity index (χ0) is 13.1. The van der Waals surface area contributed by atoms with Crippen LogP contribution in [0.1, 0.15) is 33.5 Å². The minimum atomic E-state index is -0.0932. The number of halogens is 1. The van der Waals surface area contributed by atoms with Gasteiger partial charge in [-0.2, -0.15) is 11.8 Å². The summed E-state index contributed by atoms with van der Waals surface area (Å²) in [6.45, 7) is 8.36. The van der Waals surface area contributed by atoms with Gasteiger partial charge in [-0.25, -0.2) is 9.97 Å². The van der Waals surface area contributed by atoms with E-state index in [0.717, 1.165) is 17.4 Å². The van der Waals surface area contributed by atoms with Gasteiger partial charge in [-0.05, 0) is 13.2 Å². The summed E-state index contributed by atoms with van der Waals surface area (Å²) in [5.41, 5.74) is -0.0932. The number of nitrogens with zero attached hydrogens (tertiary/aromatic N) is 2. The molecule has 0 fully saturated rings. The van der Waals surface area contributed by atoms with Gasteiger partial charge in [0.15, 0.2) is 0 Å². The first kappa shape index (κ1) is 14.6. The van der Waals surface area contributed by atoms with Gasteiger partial charge in [-0.15, -0.1) is 0 Å². The van der Waals surface area contributed by atoms with Crippen LogP contribution in [0.2, 0.25) is 5.15 Å². The molecule has 0 aromatic carbocycles. The van der Waals surface area contributed by atoms with Crippen LogP contribution in [0.4, 0.5) is 5.82 Å². The molecule has 0 saturated carbocycles. The molecule has 0 saturated heterocycles.